The molecule has 25 heavy (non-hydrogen) atoms. The highest BCUT2D eigenvalue weighted by atomic mass is 16.5. The van der Waals surface area contributed by atoms with Crippen LogP contribution in [0.3, 0.4) is 0 Å². The molecule has 1 atom stereocenters. The quantitative estimate of drug-likeness (QED) is 0.783. The zero-order valence-electron chi connectivity index (χ0n) is 14.2. The van der Waals surface area contributed by atoms with Gasteiger partial charge in [-0.25, -0.2) is 4.79 Å². The van der Waals surface area contributed by atoms with Gasteiger partial charge in [-0.1, -0.05) is 48.5 Å². The number of aliphatic hydroxyl groups is 1. The zero-order chi connectivity index (χ0) is 17.5. The minimum absolute atomic E-state index is 0.0423. The maximum Gasteiger partial charge on any atom is 0.319 e. The number of rotatable bonds is 5. The first-order chi connectivity index (χ1) is 12.2. The lowest BCUT2D eigenvalue weighted by Crippen LogP contribution is -2.48. The molecular weight excluding hydrogens is 316 g/mol. The standard InChI is InChI=1S/C20H24N2O3/c23-19(22-18-9-5-2-6-10-18)21-15-20(24,16-7-3-1-4-8-16)17-11-13-25-14-12-17/h1-10,17,24H,11-15H2,(H2,21,22,23)/t20-/m1/s1. The van der Waals surface area contributed by atoms with Crippen LogP contribution < -0.4 is 10.6 Å². The molecule has 0 saturated carbocycles. The summed E-state index contributed by atoms with van der Waals surface area (Å²) >= 11 is 0. The van der Waals surface area contributed by atoms with Crippen LogP contribution >= 0.6 is 0 Å². The number of urea groups is 1. The topological polar surface area (TPSA) is 70.6 Å². The van der Waals surface area contributed by atoms with Crippen molar-refractivity contribution in [3.8, 4) is 0 Å². The summed E-state index contributed by atoms with van der Waals surface area (Å²) < 4.78 is 5.42. The van der Waals surface area contributed by atoms with E-state index >= 15 is 0 Å². The summed E-state index contributed by atoms with van der Waals surface area (Å²) in [6, 6.07) is 18.5. The fourth-order valence-electron chi connectivity index (χ4n) is 3.30. The summed E-state index contributed by atoms with van der Waals surface area (Å²) in [4.78, 5) is 12.2. The lowest BCUT2D eigenvalue weighted by Gasteiger charge is -2.39. The third-order valence-electron chi connectivity index (χ3n) is 4.72. The molecule has 0 spiro atoms. The van der Waals surface area contributed by atoms with E-state index < -0.39 is 5.60 Å². The van der Waals surface area contributed by atoms with Crippen LogP contribution in [0.15, 0.2) is 60.7 Å². The normalized spacial score (nSPS) is 17.5. The van der Waals surface area contributed by atoms with Crippen molar-refractivity contribution < 1.29 is 14.6 Å². The molecule has 0 aromatic heterocycles. The van der Waals surface area contributed by atoms with E-state index in [2.05, 4.69) is 10.6 Å². The molecule has 0 unspecified atom stereocenters. The predicted molar refractivity (Wildman–Crippen MR) is 97.3 cm³/mol. The summed E-state index contributed by atoms with van der Waals surface area (Å²) in [5, 5.41) is 17.0. The second kappa shape index (κ2) is 8.14. The molecule has 0 aliphatic carbocycles. The Hall–Kier alpha value is -2.37. The number of anilines is 1. The van der Waals surface area contributed by atoms with Crippen LogP contribution in [0.2, 0.25) is 0 Å². The average Bonchev–Trinajstić information content (AvgIpc) is 2.68. The largest absolute Gasteiger partial charge is 0.383 e. The van der Waals surface area contributed by atoms with Gasteiger partial charge in [-0.15, -0.1) is 0 Å². The van der Waals surface area contributed by atoms with E-state index in [0.29, 0.717) is 18.9 Å². The van der Waals surface area contributed by atoms with Crippen LogP contribution in [0.4, 0.5) is 10.5 Å². The molecule has 0 bridgehead atoms. The van der Waals surface area contributed by atoms with Crippen LogP contribution in [-0.4, -0.2) is 30.9 Å². The molecule has 3 rings (SSSR count). The molecule has 2 amide bonds. The summed E-state index contributed by atoms with van der Waals surface area (Å²) in [6.45, 7) is 1.42. The minimum Gasteiger partial charge on any atom is -0.383 e. The average molecular weight is 340 g/mol. The highest BCUT2D eigenvalue weighted by molar-refractivity contribution is 5.89. The van der Waals surface area contributed by atoms with Crippen LogP contribution in [0, 0.1) is 5.92 Å². The van der Waals surface area contributed by atoms with Gasteiger partial charge < -0.3 is 20.5 Å². The number of para-hydroxylation sites is 1. The van der Waals surface area contributed by atoms with Crippen LogP contribution in [0.1, 0.15) is 18.4 Å². The minimum atomic E-state index is -1.11. The van der Waals surface area contributed by atoms with E-state index in [-0.39, 0.29) is 18.5 Å². The maximum atomic E-state index is 12.2. The van der Waals surface area contributed by atoms with Crippen molar-refractivity contribution in [3.63, 3.8) is 0 Å². The number of carbonyl (C=O) groups is 1. The van der Waals surface area contributed by atoms with Crippen molar-refractivity contribution in [1.82, 2.24) is 5.32 Å². The first kappa shape index (κ1) is 17.5. The Labute approximate surface area is 148 Å². The first-order valence-corrected chi connectivity index (χ1v) is 8.64. The molecule has 1 saturated heterocycles. The number of nitrogens with one attached hydrogen (secondary N) is 2. The van der Waals surface area contributed by atoms with E-state index in [1.54, 1.807) is 0 Å². The number of ether oxygens (including phenoxy) is 1. The molecule has 1 aliphatic heterocycles. The van der Waals surface area contributed by atoms with Gasteiger partial charge in [-0.2, -0.15) is 0 Å². The Morgan fingerprint density at radius 2 is 1.64 bits per heavy atom. The van der Waals surface area contributed by atoms with Crippen LogP contribution in [0.25, 0.3) is 0 Å². The number of amides is 2. The summed E-state index contributed by atoms with van der Waals surface area (Å²) in [7, 11) is 0. The molecule has 1 fully saturated rings. The molecule has 1 aliphatic rings. The van der Waals surface area contributed by atoms with Crippen LogP contribution in [-0.2, 0) is 10.3 Å². The number of benzene rings is 2. The van der Waals surface area contributed by atoms with Crippen molar-refractivity contribution >= 4 is 11.7 Å². The zero-order valence-corrected chi connectivity index (χ0v) is 14.2. The number of hydrogen-bond donors (Lipinski definition) is 3. The fraction of sp³-hybridized carbons (Fsp3) is 0.350. The molecule has 0 radical (unpaired) electrons. The predicted octanol–water partition coefficient (Wildman–Crippen LogP) is 3.12. The Morgan fingerprint density at radius 3 is 2.28 bits per heavy atom. The van der Waals surface area contributed by atoms with Gasteiger partial charge in [-0.05, 0) is 36.5 Å². The summed E-state index contributed by atoms with van der Waals surface area (Å²) in [5.41, 5.74) is 0.426. The Morgan fingerprint density at radius 1 is 1.04 bits per heavy atom. The smallest absolute Gasteiger partial charge is 0.319 e. The third-order valence-corrected chi connectivity index (χ3v) is 4.72. The molecule has 2 aromatic carbocycles. The SMILES string of the molecule is O=C(NC[C@@](O)(c1ccccc1)C1CCOCC1)Nc1ccccc1. The van der Waals surface area contributed by atoms with Crippen molar-refractivity contribution in [2.75, 3.05) is 25.1 Å². The van der Waals surface area contributed by atoms with Crippen molar-refractivity contribution in [2.24, 2.45) is 5.92 Å². The van der Waals surface area contributed by atoms with Gasteiger partial charge in [-0.3, -0.25) is 0 Å². The lowest BCUT2D eigenvalue weighted by atomic mass is 9.77. The summed E-state index contributed by atoms with van der Waals surface area (Å²) in [6.07, 6.45) is 1.54. The third kappa shape index (κ3) is 4.38. The Kier molecular flexibility index (Phi) is 5.68. The van der Waals surface area contributed by atoms with E-state index in [9.17, 15) is 9.90 Å². The lowest BCUT2D eigenvalue weighted by molar-refractivity contribution is -0.0674. The van der Waals surface area contributed by atoms with E-state index in [0.717, 1.165) is 18.4 Å². The molecule has 1 heterocycles. The van der Waals surface area contributed by atoms with Crippen molar-refractivity contribution in [3.05, 3.63) is 66.2 Å². The van der Waals surface area contributed by atoms with Crippen molar-refractivity contribution in [2.45, 2.75) is 18.4 Å². The van der Waals surface area contributed by atoms with Gasteiger partial charge in [0.1, 0.15) is 5.60 Å². The van der Waals surface area contributed by atoms with Gasteiger partial charge in [0.15, 0.2) is 0 Å². The summed E-state index contributed by atoms with van der Waals surface area (Å²) in [5.74, 6) is 0.0423. The highest BCUT2D eigenvalue weighted by Crippen LogP contribution is 2.35. The second-order valence-electron chi connectivity index (χ2n) is 6.35. The van der Waals surface area contributed by atoms with Gasteiger partial charge in [0.2, 0.25) is 0 Å². The highest BCUT2D eigenvalue weighted by Gasteiger charge is 2.39. The Balaban J connectivity index is 1.70. The molecule has 5 nitrogen and oxygen atoms in total. The van der Waals surface area contributed by atoms with Crippen molar-refractivity contribution in [1.29, 1.82) is 0 Å². The Bertz CT molecular complexity index is 672. The second-order valence-corrected chi connectivity index (χ2v) is 6.35. The maximum absolute atomic E-state index is 12.2. The van der Waals surface area contributed by atoms with Gasteiger partial charge in [0, 0.05) is 18.9 Å². The van der Waals surface area contributed by atoms with Gasteiger partial charge in [0.25, 0.3) is 0 Å². The fourth-order valence-corrected chi connectivity index (χ4v) is 3.30. The van der Waals surface area contributed by atoms with Gasteiger partial charge in [0.05, 0.1) is 6.54 Å². The van der Waals surface area contributed by atoms with E-state index in [1.807, 2.05) is 60.7 Å². The van der Waals surface area contributed by atoms with Crippen LogP contribution in [0.5, 0.6) is 0 Å². The molecule has 132 valence electrons. The van der Waals surface area contributed by atoms with Gasteiger partial charge >= 0.3 is 6.03 Å². The molecule has 2 aromatic rings. The molecule has 3 N–H and O–H groups in total. The molecular formula is C20H24N2O3. The number of carbonyl (C=O) groups excluding carboxylic acids is 1. The van der Waals surface area contributed by atoms with E-state index in [1.165, 1.54) is 0 Å². The molecule has 5 heteroatoms. The number of hydrogen-bond acceptors (Lipinski definition) is 3. The van der Waals surface area contributed by atoms with E-state index in [4.69, 9.17) is 4.74 Å². The first-order valence-electron chi connectivity index (χ1n) is 8.64. The monoisotopic (exact) mass is 340 g/mol.